The molecule has 192 valence electrons. The Labute approximate surface area is 214 Å². The lowest BCUT2D eigenvalue weighted by atomic mass is 10.1. The van der Waals surface area contributed by atoms with Crippen LogP contribution in [0.5, 0.6) is 0 Å². The van der Waals surface area contributed by atoms with Gasteiger partial charge in [0.25, 0.3) is 0 Å². The summed E-state index contributed by atoms with van der Waals surface area (Å²) in [7, 11) is -2.53. The predicted molar refractivity (Wildman–Crippen MR) is 143 cm³/mol. The number of nitrogens with zero attached hydrogens (tertiary/aromatic N) is 2. The highest BCUT2D eigenvalue weighted by molar-refractivity contribution is 7.89. The molecule has 0 aliphatic heterocycles. The molecule has 0 bridgehead atoms. The van der Waals surface area contributed by atoms with Crippen LogP contribution in [0.15, 0.2) is 77.7 Å². The van der Waals surface area contributed by atoms with Crippen molar-refractivity contribution in [1.29, 1.82) is 0 Å². The van der Waals surface area contributed by atoms with Gasteiger partial charge in [-0.25, -0.2) is 8.42 Å². The van der Waals surface area contributed by atoms with Crippen LogP contribution < -0.4 is 5.32 Å². The van der Waals surface area contributed by atoms with Crippen LogP contribution in [0.1, 0.15) is 32.8 Å². The first-order valence-electron chi connectivity index (χ1n) is 12.2. The number of fused-ring (bicyclic) bond motifs is 1. The van der Waals surface area contributed by atoms with Crippen molar-refractivity contribution in [3.05, 3.63) is 78.4 Å². The molecule has 3 aromatic carbocycles. The Hall–Kier alpha value is -3.23. The number of carbonyl (C=O) groups is 2. The summed E-state index contributed by atoms with van der Waals surface area (Å²) in [4.78, 5) is 28.1. The highest BCUT2D eigenvalue weighted by Crippen LogP contribution is 2.22. The summed E-state index contributed by atoms with van der Waals surface area (Å²) < 4.78 is 27.7. The van der Waals surface area contributed by atoms with E-state index in [0.29, 0.717) is 13.0 Å². The van der Waals surface area contributed by atoms with E-state index in [-0.39, 0.29) is 29.8 Å². The molecule has 0 spiro atoms. The molecule has 1 unspecified atom stereocenters. The van der Waals surface area contributed by atoms with Gasteiger partial charge in [0.1, 0.15) is 6.04 Å². The van der Waals surface area contributed by atoms with Crippen molar-refractivity contribution < 1.29 is 18.0 Å². The van der Waals surface area contributed by atoms with Gasteiger partial charge in [0.2, 0.25) is 21.8 Å². The minimum atomic E-state index is -3.92. The molecular formula is C28H35N3O4S. The average molecular weight is 510 g/mol. The number of likely N-dealkylation sites (N-methyl/N-ethyl adjacent to an activating group) is 1. The third-order valence-corrected chi connectivity index (χ3v) is 7.85. The third kappa shape index (κ3) is 6.71. The van der Waals surface area contributed by atoms with Crippen molar-refractivity contribution in [3.63, 3.8) is 0 Å². The lowest BCUT2D eigenvalue weighted by Crippen LogP contribution is -2.52. The molecule has 0 saturated heterocycles. The summed E-state index contributed by atoms with van der Waals surface area (Å²) in [5.74, 6) is -0.407. The Balaban J connectivity index is 1.85. The topological polar surface area (TPSA) is 86.8 Å². The van der Waals surface area contributed by atoms with Crippen molar-refractivity contribution in [3.8, 4) is 0 Å². The molecule has 0 saturated carbocycles. The highest BCUT2D eigenvalue weighted by Gasteiger charge is 2.31. The molecule has 8 heteroatoms. The SMILES string of the molecule is CCC(C(=O)NCC(C)C)N(Cc1ccccc1)C(=O)CN(C)S(=O)(=O)c1ccc2ccccc2c1. The molecule has 7 nitrogen and oxygen atoms in total. The molecule has 3 aromatic rings. The number of hydrogen-bond acceptors (Lipinski definition) is 4. The number of benzene rings is 3. The maximum Gasteiger partial charge on any atom is 0.243 e. The van der Waals surface area contributed by atoms with E-state index < -0.39 is 22.0 Å². The Morgan fingerprint density at radius 2 is 1.56 bits per heavy atom. The van der Waals surface area contributed by atoms with Gasteiger partial charge in [-0.15, -0.1) is 0 Å². The predicted octanol–water partition coefficient (Wildman–Crippen LogP) is 4.04. The van der Waals surface area contributed by atoms with E-state index in [0.717, 1.165) is 20.6 Å². The maximum atomic E-state index is 13.5. The molecular weight excluding hydrogens is 474 g/mol. The van der Waals surface area contributed by atoms with Crippen LogP contribution in [-0.4, -0.2) is 55.6 Å². The van der Waals surface area contributed by atoms with Crippen molar-refractivity contribution in [2.45, 2.75) is 44.7 Å². The van der Waals surface area contributed by atoms with Crippen LogP contribution in [0.2, 0.25) is 0 Å². The Morgan fingerprint density at radius 3 is 2.19 bits per heavy atom. The number of sulfonamides is 1. The van der Waals surface area contributed by atoms with Crippen LogP contribution in [0, 0.1) is 5.92 Å². The molecule has 2 amide bonds. The van der Waals surface area contributed by atoms with Crippen LogP contribution in [0.25, 0.3) is 10.8 Å². The summed E-state index contributed by atoms with van der Waals surface area (Å²) in [6, 6.07) is 21.1. The smallest absolute Gasteiger partial charge is 0.243 e. The first-order chi connectivity index (χ1) is 17.1. The molecule has 0 heterocycles. The van der Waals surface area contributed by atoms with Gasteiger partial charge in [-0.05, 0) is 40.8 Å². The van der Waals surface area contributed by atoms with Crippen LogP contribution in [-0.2, 0) is 26.2 Å². The van der Waals surface area contributed by atoms with Gasteiger partial charge in [-0.1, -0.05) is 81.4 Å². The minimum Gasteiger partial charge on any atom is -0.354 e. The number of carbonyl (C=O) groups excluding carboxylic acids is 2. The molecule has 0 aliphatic rings. The zero-order valence-corrected chi connectivity index (χ0v) is 22.2. The van der Waals surface area contributed by atoms with E-state index in [1.165, 1.54) is 11.9 Å². The van der Waals surface area contributed by atoms with Crippen LogP contribution >= 0.6 is 0 Å². The Bertz CT molecular complexity index is 1290. The summed E-state index contributed by atoms with van der Waals surface area (Å²) in [6.07, 6.45) is 0.406. The van der Waals surface area contributed by atoms with Crippen molar-refractivity contribution in [1.82, 2.24) is 14.5 Å². The molecule has 3 rings (SSSR count). The molecule has 0 fully saturated rings. The molecule has 36 heavy (non-hydrogen) atoms. The average Bonchev–Trinajstić information content (AvgIpc) is 2.87. The first kappa shape index (κ1) is 27.4. The molecule has 1 atom stereocenters. The summed E-state index contributed by atoms with van der Waals surface area (Å²) >= 11 is 0. The van der Waals surface area contributed by atoms with Crippen molar-refractivity contribution in [2.75, 3.05) is 20.1 Å². The Kier molecular flexibility index (Phi) is 9.23. The van der Waals surface area contributed by atoms with Gasteiger partial charge in [0.05, 0.1) is 11.4 Å². The number of rotatable bonds is 11. The third-order valence-electron chi connectivity index (χ3n) is 6.05. The van der Waals surface area contributed by atoms with Crippen molar-refractivity contribution >= 4 is 32.6 Å². The van der Waals surface area contributed by atoms with E-state index in [1.54, 1.807) is 18.2 Å². The molecule has 1 N–H and O–H groups in total. The largest absolute Gasteiger partial charge is 0.354 e. The number of nitrogens with one attached hydrogen (secondary N) is 1. The Morgan fingerprint density at radius 1 is 0.917 bits per heavy atom. The number of amides is 2. The van der Waals surface area contributed by atoms with E-state index in [1.807, 2.05) is 75.4 Å². The van der Waals surface area contributed by atoms with Gasteiger partial charge in [0, 0.05) is 20.1 Å². The van der Waals surface area contributed by atoms with Gasteiger partial charge >= 0.3 is 0 Å². The second-order valence-corrected chi connectivity index (χ2v) is 11.4. The van der Waals surface area contributed by atoms with Crippen LogP contribution in [0.3, 0.4) is 0 Å². The van der Waals surface area contributed by atoms with Gasteiger partial charge in [0.15, 0.2) is 0 Å². The summed E-state index contributed by atoms with van der Waals surface area (Å²) in [6.45, 7) is 6.17. The zero-order valence-electron chi connectivity index (χ0n) is 21.3. The fraction of sp³-hybridized carbons (Fsp3) is 0.357. The van der Waals surface area contributed by atoms with Gasteiger partial charge in [-0.3, -0.25) is 9.59 Å². The van der Waals surface area contributed by atoms with Gasteiger partial charge in [-0.2, -0.15) is 4.31 Å². The van der Waals surface area contributed by atoms with E-state index in [2.05, 4.69) is 5.32 Å². The number of hydrogen-bond donors (Lipinski definition) is 1. The lowest BCUT2D eigenvalue weighted by Gasteiger charge is -2.32. The second kappa shape index (κ2) is 12.1. The highest BCUT2D eigenvalue weighted by atomic mass is 32.2. The van der Waals surface area contributed by atoms with E-state index in [9.17, 15) is 18.0 Å². The quantitative estimate of drug-likeness (QED) is 0.423. The van der Waals surface area contributed by atoms with Crippen LogP contribution in [0.4, 0.5) is 0 Å². The first-order valence-corrected chi connectivity index (χ1v) is 13.6. The molecule has 0 aromatic heterocycles. The summed E-state index contributed by atoms with van der Waals surface area (Å²) in [5, 5.41) is 4.65. The lowest BCUT2D eigenvalue weighted by molar-refractivity contribution is -0.141. The normalized spacial score (nSPS) is 12.6. The zero-order chi connectivity index (χ0) is 26.3. The maximum absolute atomic E-state index is 13.5. The van der Waals surface area contributed by atoms with E-state index >= 15 is 0 Å². The molecule has 0 radical (unpaired) electrons. The fourth-order valence-electron chi connectivity index (χ4n) is 4.00. The standard InChI is InChI=1S/C28H35N3O4S/c1-5-26(28(33)29-18-21(2)3)31(19-22-11-7-6-8-12-22)27(32)20-30(4)36(34,35)25-16-15-23-13-9-10-14-24(23)17-25/h6-17,21,26H,5,18-20H2,1-4H3,(H,29,33). The molecule has 0 aliphatic carbocycles. The fourth-order valence-corrected chi connectivity index (χ4v) is 5.15. The summed E-state index contributed by atoms with van der Waals surface area (Å²) in [5.41, 5.74) is 0.862. The second-order valence-electron chi connectivity index (χ2n) is 9.34. The monoisotopic (exact) mass is 509 g/mol. The van der Waals surface area contributed by atoms with E-state index in [4.69, 9.17) is 0 Å². The van der Waals surface area contributed by atoms with Crippen molar-refractivity contribution in [2.24, 2.45) is 5.92 Å². The minimum absolute atomic E-state index is 0.118. The van der Waals surface area contributed by atoms with Gasteiger partial charge < -0.3 is 10.2 Å².